The van der Waals surface area contributed by atoms with Gasteiger partial charge in [0.05, 0.1) is 0 Å². The Bertz CT molecular complexity index is 669. The lowest BCUT2D eigenvalue weighted by atomic mass is 10.1. The maximum atomic E-state index is 11.9. The number of carbonyl (C=O) groups excluding carboxylic acids is 2. The zero-order chi connectivity index (χ0) is 16.7. The molecule has 23 heavy (non-hydrogen) atoms. The van der Waals surface area contributed by atoms with Crippen LogP contribution in [-0.2, 0) is 6.54 Å². The lowest BCUT2D eigenvalue weighted by Crippen LogP contribution is -2.30. The second-order valence-electron chi connectivity index (χ2n) is 5.04. The first-order chi connectivity index (χ1) is 11.1. The zero-order valence-corrected chi connectivity index (χ0v) is 13.2. The van der Waals surface area contributed by atoms with Gasteiger partial charge in [0.25, 0.3) is 5.91 Å². The summed E-state index contributed by atoms with van der Waals surface area (Å²) < 4.78 is 1.85. The van der Waals surface area contributed by atoms with Gasteiger partial charge >= 0.3 is 6.03 Å². The molecule has 0 bridgehead atoms. The van der Waals surface area contributed by atoms with Crippen LogP contribution in [0, 0.1) is 6.92 Å². The van der Waals surface area contributed by atoms with E-state index >= 15 is 0 Å². The molecule has 1 aromatic heterocycles. The van der Waals surface area contributed by atoms with E-state index in [9.17, 15) is 9.59 Å². The van der Waals surface area contributed by atoms with Gasteiger partial charge in [-0.05, 0) is 37.1 Å². The number of rotatable bonds is 6. The number of hydrogen-bond donors (Lipinski definition) is 3. The summed E-state index contributed by atoms with van der Waals surface area (Å²) >= 11 is 0. The number of benzene rings is 1. The molecule has 0 atom stereocenters. The maximum Gasteiger partial charge on any atom is 0.319 e. The van der Waals surface area contributed by atoms with E-state index < -0.39 is 0 Å². The highest BCUT2D eigenvalue weighted by atomic mass is 16.2. The fourth-order valence-corrected chi connectivity index (χ4v) is 2.06. The Kier molecular flexibility index (Phi) is 5.67. The van der Waals surface area contributed by atoms with Crippen molar-refractivity contribution >= 4 is 17.6 Å². The number of urea groups is 1. The number of amides is 3. The first-order valence-corrected chi connectivity index (χ1v) is 7.30. The summed E-state index contributed by atoms with van der Waals surface area (Å²) in [7, 11) is 1.58. The first kappa shape index (κ1) is 16.5. The SMILES string of the molecule is CNC(=O)c1ccc(NC(=O)NCCCn2cnnc2)c(C)c1. The average Bonchev–Trinajstić information content (AvgIpc) is 3.06. The van der Waals surface area contributed by atoms with Crippen LogP contribution in [0.3, 0.4) is 0 Å². The molecule has 0 spiro atoms. The van der Waals surface area contributed by atoms with Gasteiger partial charge in [-0.15, -0.1) is 10.2 Å². The molecule has 1 heterocycles. The van der Waals surface area contributed by atoms with Crippen LogP contribution in [0.2, 0.25) is 0 Å². The number of anilines is 1. The molecule has 0 saturated heterocycles. The van der Waals surface area contributed by atoms with Gasteiger partial charge in [0.2, 0.25) is 0 Å². The van der Waals surface area contributed by atoms with Gasteiger partial charge in [-0.3, -0.25) is 4.79 Å². The molecule has 0 aliphatic carbocycles. The first-order valence-electron chi connectivity index (χ1n) is 7.30. The minimum atomic E-state index is -0.274. The molecule has 3 N–H and O–H groups in total. The molecule has 8 heteroatoms. The van der Waals surface area contributed by atoms with Crippen LogP contribution in [-0.4, -0.2) is 40.3 Å². The molecule has 0 fully saturated rings. The molecule has 0 aliphatic rings. The van der Waals surface area contributed by atoms with Gasteiger partial charge in [0.1, 0.15) is 12.7 Å². The number of aryl methyl sites for hydroxylation is 2. The van der Waals surface area contributed by atoms with E-state index in [1.54, 1.807) is 37.9 Å². The van der Waals surface area contributed by atoms with E-state index in [1.807, 2.05) is 11.5 Å². The van der Waals surface area contributed by atoms with Crippen LogP contribution >= 0.6 is 0 Å². The lowest BCUT2D eigenvalue weighted by Gasteiger charge is -2.11. The molecular weight excluding hydrogens is 296 g/mol. The quantitative estimate of drug-likeness (QED) is 0.696. The second kappa shape index (κ2) is 7.92. The van der Waals surface area contributed by atoms with E-state index in [0.29, 0.717) is 17.8 Å². The van der Waals surface area contributed by atoms with Crippen molar-refractivity contribution < 1.29 is 9.59 Å². The number of hydrogen-bond acceptors (Lipinski definition) is 4. The van der Waals surface area contributed by atoms with Crippen LogP contribution in [0.5, 0.6) is 0 Å². The summed E-state index contributed by atoms with van der Waals surface area (Å²) in [5.74, 6) is -0.155. The Morgan fingerprint density at radius 1 is 1.22 bits per heavy atom. The van der Waals surface area contributed by atoms with Gasteiger partial charge < -0.3 is 20.5 Å². The molecule has 0 unspecified atom stereocenters. The normalized spacial score (nSPS) is 10.2. The molecule has 2 aromatic rings. The van der Waals surface area contributed by atoms with Gasteiger partial charge in [-0.2, -0.15) is 0 Å². The zero-order valence-electron chi connectivity index (χ0n) is 13.2. The Labute approximate surface area is 134 Å². The van der Waals surface area contributed by atoms with Crippen LogP contribution in [0.25, 0.3) is 0 Å². The summed E-state index contributed by atoms with van der Waals surface area (Å²) in [4.78, 5) is 23.4. The molecule has 2 rings (SSSR count). The van der Waals surface area contributed by atoms with Gasteiger partial charge in [0.15, 0.2) is 0 Å². The second-order valence-corrected chi connectivity index (χ2v) is 5.04. The molecule has 0 radical (unpaired) electrons. The Morgan fingerprint density at radius 3 is 2.61 bits per heavy atom. The summed E-state index contributed by atoms with van der Waals surface area (Å²) in [5, 5.41) is 15.5. The summed E-state index contributed by atoms with van der Waals surface area (Å²) in [5.41, 5.74) is 2.06. The van der Waals surface area contributed by atoms with Gasteiger partial charge in [-0.25, -0.2) is 4.79 Å². The molecule has 1 aromatic carbocycles. The third-order valence-corrected chi connectivity index (χ3v) is 3.31. The number of nitrogens with one attached hydrogen (secondary N) is 3. The summed E-state index contributed by atoms with van der Waals surface area (Å²) in [6.45, 7) is 3.13. The standard InChI is InChI=1S/C15H20N6O2/c1-11-8-12(14(22)16-2)4-5-13(11)20-15(23)17-6-3-7-21-9-18-19-10-21/h4-5,8-10H,3,6-7H2,1-2H3,(H,16,22)(H2,17,20,23). The van der Waals surface area contributed by atoms with E-state index in [1.165, 1.54) is 0 Å². The molecular formula is C15H20N6O2. The van der Waals surface area contributed by atoms with Crippen LogP contribution in [0.1, 0.15) is 22.3 Å². The smallest absolute Gasteiger partial charge is 0.319 e. The topological polar surface area (TPSA) is 101 Å². The highest BCUT2D eigenvalue weighted by Gasteiger charge is 2.08. The highest BCUT2D eigenvalue weighted by molar-refractivity contribution is 5.96. The predicted molar refractivity (Wildman–Crippen MR) is 86.2 cm³/mol. The highest BCUT2D eigenvalue weighted by Crippen LogP contribution is 2.16. The third kappa shape index (κ3) is 4.80. The van der Waals surface area contributed by atoms with Crippen molar-refractivity contribution in [3.63, 3.8) is 0 Å². The predicted octanol–water partition coefficient (Wildman–Crippen LogP) is 1.16. The fraction of sp³-hybridized carbons (Fsp3) is 0.333. The van der Waals surface area contributed by atoms with Crippen molar-refractivity contribution in [2.24, 2.45) is 0 Å². The molecule has 0 aliphatic heterocycles. The summed E-state index contributed by atoms with van der Waals surface area (Å²) in [6.07, 6.45) is 4.05. The van der Waals surface area contributed by atoms with Crippen molar-refractivity contribution in [3.8, 4) is 0 Å². The Morgan fingerprint density at radius 2 is 1.96 bits per heavy atom. The third-order valence-electron chi connectivity index (χ3n) is 3.31. The van der Waals surface area contributed by atoms with E-state index in [0.717, 1.165) is 18.5 Å². The monoisotopic (exact) mass is 316 g/mol. The van der Waals surface area contributed by atoms with Crippen molar-refractivity contribution in [3.05, 3.63) is 42.0 Å². The van der Waals surface area contributed by atoms with Gasteiger partial charge in [0, 0.05) is 31.4 Å². The van der Waals surface area contributed by atoms with E-state index in [-0.39, 0.29) is 11.9 Å². The van der Waals surface area contributed by atoms with Crippen LogP contribution in [0.15, 0.2) is 30.9 Å². The van der Waals surface area contributed by atoms with E-state index in [4.69, 9.17) is 0 Å². The van der Waals surface area contributed by atoms with Crippen molar-refractivity contribution in [1.82, 2.24) is 25.4 Å². The Hall–Kier alpha value is -2.90. The maximum absolute atomic E-state index is 11.9. The largest absolute Gasteiger partial charge is 0.355 e. The van der Waals surface area contributed by atoms with E-state index in [2.05, 4.69) is 26.1 Å². The molecule has 3 amide bonds. The van der Waals surface area contributed by atoms with Gasteiger partial charge in [-0.1, -0.05) is 0 Å². The van der Waals surface area contributed by atoms with Crippen LogP contribution in [0.4, 0.5) is 10.5 Å². The lowest BCUT2D eigenvalue weighted by molar-refractivity contribution is 0.0963. The average molecular weight is 316 g/mol. The number of carbonyl (C=O) groups is 2. The van der Waals surface area contributed by atoms with Crippen molar-refractivity contribution in [2.75, 3.05) is 18.9 Å². The number of aromatic nitrogens is 3. The molecule has 122 valence electrons. The van der Waals surface area contributed by atoms with Crippen LogP contribution < -0.4 is 16.0 Å². The Balaban J connectivity index is 1.79. The molecule has 8 nitrogen and oxygen atoms in total. The minimum Gasteiger partial charge on any atom is -0.355 e. The fourth-order valence-electron chi connectivity index (χ4n) is 2.06. The molecule has 0 saturated carbocycles. The van der Waals surface area contributed by atoms with Crippen molar-refractivity contribution in [1.29, 1.82) is 0 Å². The number of nitrogens with zero attached hydrogens (tertiary/aromatic N) is 3. The minimum absolute atomic E-state index is 0.155. The van der Waals surface area contributed by atoms with Crippen molar-refractivity contribution in [2.45, 2.75) is 19.9 Å². The summed E-state index contributed by atoms with van der Waals surface area (Å²) in [6, 6.07) is 4.86.